The molecule has 3 aromatic carbocycles. The zero-order valence-electron chi connectivity index (χ0n) is 21.1. The fourth-order valence-electron chi connectivity index (χ4n) is 4.25. The molecule has 0 aliphatic rings. The molecule has 1 amide bonds. The molecule has 0 aliphatic heterocycles. The van der Waals surface area contributed by atoms with Crippen LogP contribution in [0.4, 0.5) is 0 Å². The van der Waals surface area contributed by atoms with Crippen molar-refractivity contribution < 1.29 is 28.5 Å². The van der Waals surface area contributed by atoms with Gasteiger partial charge < -0.3 is 18.9 Å². The second-order valence-corrected chi connectivity index (χ2v) is 7.84. The maximum absolute atomic E-state index is 13.8. The van der Waals surface area contributed by atoms with E-state index in [1.165, 1.54) is 45.1 Å². The van der Waals surface area contributed by atoms with Gasteiger partial charge in [0.2, 0.25) is 5.75 Å². The summed E-state index contributed by atoms with van der Waals surface area (Å²) in [5.74, 6) is 5.10. The van der Waals surface area contributed by atoms with Gasteiger partial charge in [-0.05, 0) is 53.4 Å². The SMILES string of the molecule is COC(=O)c1c(-c2cc(OC)c(OC)c(OC)c2)c2ccccc2c(=O)n1-c1ccc(C(=O)NN)cc1.Cl. The van der Waals surface area contributed by atoms with Crippen molar-refractivity contribution in [3.8, 4) is 34.1 Å². The number of aromatic nitrogens is 1. The first-order valence-corrected chi connectivity index (χ1v) is 11.1. The van der Waals surface area contributed by atoms with Gasteiger partial charge in [0.15, 0.2) is 11.5 Å². The lowest BCUT2D eigenvalue weighted by molar-refractivity contribution is 0.0591. The topological polar surface area (TPSA) is 131 Å². The Morgan fingerprint density at radius 1 is 0.842 bits per heavy atom. The van der Waals surface area contributed by atoms with Crippen LogP contribution >= 0.6 is 12.4 Å². The molecule has 1 heterocycles. The average Bonchev–Trinajstić information content (AvgIpc) is 2.95. The van der Waals surface area contributed by atoms with E-state index in [2.05, 4.69) is 5.43 Å². The van der Waals surface area contributed by atoms with Gasteiger partial charge in [-0.1, -0.05) is 18.2 Å². The van der Waals surface area contributed by atoms with Gasteiger partial charge in [-0.15, -0.1) is 12.4 Å². The number of nitrogen functional groups attached to an aromatic ring is 1. The maximum atomic E-state index is 13.8. The molecule has 4 aromatic rings. The number of carbonyl (C=O) groups is 2. The molecule has 0 aliphatic carbocycles. The standard InChI is InChI=1S/C27H25N3O7.ClH/c1-34-20-13-16(14-21(35-2)24(20)36-3)22-18-7-5-6-8-19(18)26(32)30(23(22)27(33)37-4)17-11-9-15(10-12-17)25(31)29-28;/h5-14H,28H2,1-4H3,(H,29,31);1H. The molecule has 0 atom stereocenters. The van der Waals surface area contributed by atoms with Crippen molar-refractivity contribution in [2.45, 2.75) is 0 Å². The molecule has 3 N–H and O–H groups in total. The molecule has 11 heteroatoms. The van der Waals surface area contributed by atoms with Crippen LogP contribution in [0, 0.1) is 0 Å². The zero-order chi connectivity index (χ0) is 26.7. The monoisotopic (exact) mass is 539 g/mol. The fraction of sp³-hybridized carbons (Fsp3) is 0.148. The molecule has 198 valence electrons. The highest BCUT2D eigenvalue weighted by Gasteiger charge is 2.27. The van der Waals surface area contributed by atoms with Crippen LogP contribution in [-0.4, -0.2) is 44.9 Å². The molecule has 38 heavy (non-hydrogen) atoms. The smallest absolute Gasteiger partial charge is 0.355 e. The number of amides is 1. The molecule has 4 rings (SSSR count). The largest absolute Gasteiger partial charge is 0.493 e. The van der Waals surface area contributed by atoms with E-state index >= 15 is 0 Å². The third-order valence-electron chi connectivity index (χ3n) is 5.94. The Labute approximate surface area is 224 Å². The van der Waals surface area contributed by atoms with Crippen LogP contribution < -0.4 is 31.0 Å². The number of hydrogen-bond acceptors (Lipinski definition) is 8. The summed E-state index contributed by atoms with van der Waals surface area (Å²) < 4.78 is 22.9. The van der Waals surface area contributed by atoms with Gasteiger partial charge in [0.25, 0.3) is 11.5 Å². The highest BCUT2D eigenvalue weighted by molar-refractivity contribution is 6.07. The average molecular weight is 540 g/mol. The van der Waals surface area contributed by atoms with Crippen molar-refractivity contribution >= 4 is 35.1 Å². The van der Waals surface area contributed by atoms with Gasteiger partial charge in [0, 0.05) is 22.2 Å². The first-order valence-electron chi connectivity index (χ1n) is 11.1. The van der Waals surface area contributed by atoms with Gasteiger partial charge >= 0.3 is 5.97 Å². The second kappa shape index (κ2) is 11.7. The summed E-state index contributed by atoms with van der Waals surface area (Å²) in [6.45, 7) is 0. The van der Waals surface area contributed by atoms with Gasteiger partial charge in [0.1, 0.15) is 5.69 Å². The number of nitrogens with zero attached hydrogens (tertiary/aromatic N) is 1. The number of nitrogens with one attached hydrogen (secondary N) is 1. The van der Waals surface area contributed by atoms with Crippen molar-refractivity contribution in [3.63, 3.8) is 0 Å². The summed E-state index contributed by atoms with van der Waals surface area (Å²) in [6, 6.07) is 16.4. The Hall–Kier alpha value is -4.54. The van der Waals surface area contributed by atoms with E-state index in [4.69, 9.17) is 24.8 Å². The van der Waals surface area contributed by atoms with Gasteiger partial charge in [-0.3, -0.25) is 19.6 Å². The molecule has 1 aromatic heterocycles. The summed E-state index contributed by atoms with van der Waals surface area (Å²) in [4.78, 5) is 39.0. The van der Waals surface area contributed by atoms with Crippen molar-refractivity contribution in [2.75, 3.05) is 28.4 Å². The molecule has 0 saturated carbocycles. The molecule has 0 unspecified atom stereocenters. The van der Waals surface area contributed by atoms with E-state index in [9.17, 15) is 14.4 Å². The van der Waals surface area contributed by atoms with Crippen LogP contribution in [0.3, 0.4) is 0 Å². The lowest BCUT2D eigenvalue weighted by Gasteiger charge is -2.20. The predicted octanol–water partition coefficient (Wildman–Crippen LogP) is 3.50. The number of pyridine rings is 1. The number of hydrazine groups is 1. The van der Waals surface area contributed by atoms with Crippen LogP contribution in [0.15, 0.2) is 65.5 Å². The molecule has 0 radical (unpaired) electrons. The minimum absolute atomic E-state index is 0. The summed E-state index contributed by atoms with van der Waals surface area (Å²) in [5.41, 5.74) is 3.18. The molecule has 0 spiro atoms. The molecular formula is C27H26ClN3O7. The van der Waals surface area contributed by atoms with E-state index < -0.39 is 17.4 Å². The Morgan fingerprint density at radius 2 is 1.42 bits per heavy atom. The lowest BCUT2D eigenvalue weighted by atomic mass is 9.95. The second-order valence-electron chi connectivity index (χ2n) is 7.84. The number of rotatable bonds is 7. The highest BCUT2D eigenvalue weighted by atomic mass is 35.5. The summed E-state index contributed by atoms with van der Waals surface area (Å²) in [6.07, 6.45) is 0. The Morgan fingerprint density at radius 3 is 1.92 bits per heavy atom. The van der Waals surface area contributed by atoms with Crippen LogP contribution in [0.25, 0.3) is 27.6 Å². The quantitative estimate of drug-likeness (QED) is 0.158. The number of carbonyl (C=O) groups excluding carboxylic acids is 2. The number of hydrogen-bond donors (Lipinski definition) is 2. The summed E-state index contributed by atoms with van der Waals surface area (Å²) in [7, 11) is 5.70. The van der Waals surface area contributed by atoms with E-state index in [1.54, 1.807) is 48.5 Å². The van der Waals surface area contributed by atoms with E-state index in [0.717, 1.165) is 0 Å². The number of methoxy groups -OCH3 is 4. The van der Waals surface area contributed by atoms with Gasteiger partial charge in [0.05, 0.1) is 28.4 Å². The molecular weight excluding hydrogens is 514 g/mol. The zero-order valence-corrected chi connectivity index (χ0v) is 21.9. The number of fused-ring (bicyclic) bond motifs is 1. The van der Waals surface area contributed by atoms with Crippen LogP contribution in [0.1, 0.15) is 20.8 Å². The molecule has 0 fully saturated rings. The maximum Gasteiger partial charge on any atom is 0.355 e. The normalized spacial score (nSPS) is 10.3. The fourth-order valence-corrected chi connectivity index (χ4v) is 4.25. The number of halogens is 1. The lowest BCUT2D eigenvalue weighted by Crippen LogP contribution is -2.30. The van der Waals surface area contributed by atoms with E-state index in [-0.39, 0.29) is 23.7 Å². The molecule has 0 saturated heterocycles. The minimum atomic E-state index is -0.740. The number of esters is 1. The molecule has 0 bridgehead atoms. The van der Waals surface area contributed by atoms with Crippen molar-refractivity contribution in [2.24, 2.45) is 5.84 Å². The minimum Gasteiger partial charge on any atom is -0.493 e. The first kappa shape index (κ1) is 28.0. The predicted molar refractivity (Wildman–Crippen MR) is 145 cm³/mol. The Balaban J connectivity index is 0.00000400. The first-order chi connectivity index (χ1) is 17.9. The van der Waals surface area contributed by atoms with Gasteiger partial charge in [-0.25, -0.2) is 10.6 Å². The van der Waals surface area contributed by atoms with Crippen LogP contribution in [0.5, 0.6) is 17.2 Å². The summed E-state index contributed by atoms with van der Waals surface area (Å²) >= 11 is 0. The van der Waals surface area contributed by atoms with Crippen molar-refractivity contribution in [1.29, 1.82) is 0 Å². The van der Waals surface area contributed by atoms with E-state index in [1.807, 2.05) is 0 Å². The Bertz CT molecular complexity index is 1540. The number of benzene rings is 3. The van der Waals surface area contributed by atoms with E-state index in [0.29, 0.717) is 44.8 Å². The van der Waals surface area contributed by atoms with Crippen molar-refractivity contribution in [3.05, 3.63) is 82.3 Å². The third-order valence-corrected chi connectivity index (χ3v) is 5.94. The number of ether oxygens (including phenoxy) is 4. The van der Waals surface area contributed by atoms with Crippen LogP contribution in [0.2, 0.25) is 0 Å². The third kappa shape index (κ3) is 4.74. The molecule has 10 nitrogen and oxygen atoms in total. The van der Waals surface area contributed by atoms with Gasteiger partial charge in [-0.2, -0.15) is 0 Å². The summed E-state index contributed by atoms with van der Waals surface area (Å²) in [5, 5.41) is 0.889. The van der Waals surface area contributed by atoms with Crippen LogP contribution in [-0.2, 0) is 4.74 Å². The Kier molecular flexibility index (Phi) is 8.61. The number of nitrogens with two attached hydrogens (primary N) is 1. The highest BCUT2D eigenvalue weighted by Crippen LogP contribution is 2.43. The van der Waals surface area contributed by atoms with Crippen molar-refractivity contribution in [1.82, 2.24) is 9.99 Å².